The molecule has 0 aliphatic carbocycles. The van der Waals surface area contributed by atoms with Crippen LogP contribution < -0.4 is 5.46 Å². The van der Waals surface area contributed by atoms with Crippen molar-refractivity contribution < 1.29 is 9.31 Å². The fourth-order valence-corrected chi connectivity index (χ4v) is 4.18. The summed E-state index contributed by atoms with van der Waals surface area (Å²) in [6, 6.07) is 32.2. The van der Waals surface area contributed by atoms with Crippen LogP contribution in [0.2, 0.25) is 0 Å². The molecule has 2 nitrogen and oxygen atoms in total. The Bertz CT molecular complexity index is 1230. The highest BCUT2D eigenvalue weighted by Gasteiger charge is 2.51. The summed E-state index contributed by atoms with van der Waals surface area (Å²) in [5.41, 5.74) is 5.14. The first-order valence-electron chi connectivity index (χ1n) is 10.9. The maximum absolute atomic E-state index is 6.36. The van der Waals surface area contributed by atoms with Gasteiger partial charge in [0.05, 0.1) is 11.2 Å². The van der Waals surface area contributed by atoms with E-state index >= 15 is 0 Å². The second-order valence-electron chi connectivity index (χ2n) is 9.32. The maximum atomic E-state index is 6.36. The molecular formula is C28H27BO2. The van der Waals surface area contributed by atoms with Crippen LogP contribution in [0.4, 0.5) is 0 Å². The fourth-order valence-electron chi connectivity index (χ4n) is 4.18. The fraction of sp³-hybridized carbons (Fsp3) is 0.214. The zero-order valence-corrected chi connectivity index (χ0v) is 18.6. The summed E-state index contributed by atoms with van der Waals surface area (Å²) in [7, 11) is -0.384. The summed E-state index contributed by atoms with van der Waals surface area (Å²) in [4.78, 5) is 0. The molecule has 0 saturated carbocycles. The second-order valence-corrected chi connectivity index (χ2v) is 9.32. The van der Waals surface area contributed by atoms with Gasteiger partial charge in [-0.3, -0.25) is 0 Å². The summed E-state index contributed by atoms with van der Waals surface area (Å²) in [5, 5.41) is 2.42. The SMILES string of the molecule is CC1(C)OB(c2cc(-c3cccc(-c4ccccc4)c3)c3ccccc3c2)OC1(C)C. The Morgan fingerprint density at radius 3 is 1.94 bits per heavy atom. The first-order chi connectivity index (χ1) is 14.8. The van der Waals surface area contributed by atoms with E-state index in [4.69, 9.17) is 9.31 Å². The smallest absolute Gasteiger partial charge is 0.399 e. The van der Waals surface area contributed by atoms with Gasteiger partial charge in [-0.1, -0.05) is 84.9 Å². The summed E-state index contributed by atoms with van der Waals surface area (Å²) in [5.74, 6) is 0. The second kappa shape index (κ2) is 7.37. The number of hydrogen-bond donors (Lipinski definition) is 0. The summed E-state index contributed by atoms with van der Waals surface area (Å²) in [6.45, 7) is 8.38. The van der Waals surface area contributed by atoms with Gasteiger partial charge in [0.15, 0.2) is 0 Å². The van der Waals surface area contributed by atoms with Crippen LogP contribution in [0, 0.1) is 0 Å². The number of rotatable bonds is 3. The molecule has 1 heterocycles. The van der Waals surface area contributed by atoms with Crippen LogP contribution in [0.25, 0.3) is 33.0 Å². The molecule has 1 fully saturated rings. The van der Waals surface area contributed by atoms with Gasteiger partial charge in [0, 0.05) is 0 Å². The van der Waals surface area contributed by atoms with Gasteiger partial charge in [-0.25, -0.2) is 0 Å². The highest BCUT2D eigenvalue weighted by Crippen LogP contribution is 2.38. The zero-order valence-electron chi connectivity index (χ0n) is 18.6. The first-order valence-corrected chi connectivity index (χ1v) is 10.9. The normalized spacial score (nSPS) is 17.2. The Morgan fingerprint density at radius 1 is 0.581 bits per heavy atom. The van der Waals surface area contributed by atoms with Gasteiger partial charge in [0.2, 0.25) is 0 Å². The minimum Gasteiger partial charge on any atom is -0.399 e. The van der Waals surface area contributed by atoms with Gasteiger partial charge in [0.1, 0.15) is 0 Å². The third-order valence-corrected chi connectivity index (χ3v) is 6.69. The molecule has 0 aromatic heterocycles. The molecule has 0 bridgehead atoms. The molecule has 0 spiro atoms. The molecule has 4 aromatic carbocycles. The van der Waals surface area contributed by atoms with Crippen LogP contribution in [-0.4, -0.2) is 18.3 Å². The van der Waals surface area contributed by atoms with Gasteiger partial charge in [-0.2, -0.15) is 0 Å². The average Bonchev–Trinajstić information content (AvgIpc) is 3.00. The van der Waals surface area contributed by atoms with Crippen molar-refractivity contribution in [2.75, 3.05) is 0 Å². The van der Waals surface area contributed by atoms with E-state index in [9.17, 15) is 0 Å². The molecule has 0 unspecified atom stereocenters. The van der Waals surface area contributed by atoms with E-state index in [1.807, 2.05) is 0 Å². The van der Waals surface area contributed by atoms with Crippen LogP contribution in [0.1, 0.15) is 27.7 Å². The highest BCUT2D eigenvalue weighted by atomic mass is 16.7. The molecule has 0 atom stereocenters. The van der Waals surface area contributed by atoms with Gasteiger partial charge in [0.25, 0.3) is 0 Å². The summed E-state index contributed by atoms with van der Waals surface area (Å²) >= 11 is 0. The summed E-state index contributed by atoms with van der Waals surface area (Å²) < 4.78 is 12.7. The predicted octanol–water partition coefficient (Wildman–Crippen LogP) is 6.47. The van der Waals surface area contributed by atoms with E-state index < -0.39 is 0 Å². The van der Waals surface area contributed by atoms with Crippen molar-refractivity contribution in [2.45, 2.75) is 38.9 Å². The Balaban J connectivity index is 1.65. The third kappa shape index (κ3) is 3.58. The van der Waals surface area contributed by atoms with E-state index in [2.05, 4.69) is 119 Å². The van der Waals surface area contributed by atoms with Crippen LogP contribution in [-0.2, 0) is 9.31 Å². The molecule has 154 valence electrons. The quantitative estimate of drug-likeness (QED) is 0.363. The van der Waals surface area contributed by atoms with Crippen molar-refractivity contribution in [1.29, 1.82) is 0 Å². The molecule has 1 saturated heterocycles. The van der Waals surface area contributed by atoms with Crippen molar-refractivity contribution in [3.8, 4) is 22.3 Å². The van der Waals surface area contributed by atoms with E-state index in [1.54, 1.807) is 0 Å². The Kier molecular flexibility index (Phi) is 4.77. The van der Waals surface area contributed by atoms with Gasteiger partial charge in [-0.05, 0) is 72.3 Å². The minimum atomic E-state index is -0.384. The third-order valence-electron chi connectivity index (χ3n) is 6.69. The van der Waals surface area contributed by atoms with Crippen molar-refractivity contribution in [1.82, 2.24) is 0 Å². The van der Waals surface area contributed by atoms with Crippen molar-refractivity contribution >= 4 is 23.4 Å². The van der Waals surface area contributed by atoms with E-state index in [1.165, 1.54) is 33.0 Å². The molecule has 4 aromatic rings. The molecule has 31 heavy (non-hydrogen) atoms. The molecule has 5 rings (SSSR count). The summed E-state index contributed by atoms with van der Waals surface area (Å²) in [6.07, 6.45) is 0. The zero-order chi connectivity index (χ0) is 21.6. The Labute approximate surface area is 185 Å². The highest BCUT2D eigenvalue weighted by molar-refractivity contribution is 6.62. The lowest BCUT2D eigenvalue weighted by molar-refractivity contribution is 0.00578. The standard InChI is InChI=1S/C28H27BO2/c1-27(2)28(3,4)31-29(30-27)24-18-23-13-8-9-16-25(23)26(19-24)22-15-10-14-21(17-22)20-11-6-5-7-12-20/h5-19H,1-4H3. The van der Waals surface area contributed by atoms with E-state index in [0.29, 0.717) is 0 Å². The lowest BCUT2D eigenvalue weighted by Gasteiger charge is -2.32. The molecule has 0 amide bonds. The van der Waals surface area contributed by atoms with Crippen LogP contribution in [0.3, 0.4) is 0 Å². The van der Waals surface area contributed by atoms with Gasteiger partial charge < -0.3 is 9.31 Å². The predicted molar refractivity (Wildman–Crippen MR) is 131 cm³/mol. The number of fused-ring (bicyclic) bond motifs is 1. The lowest BCUT2D eigenvalue weighted by atomic mass is 9.76. The van der Waals surface area contributed by atoms with Crippen LogP contribution >= 0.6 is 0 Å². The van der Waals surface area contributed by atoms with Crippen LogP contribution in [0.15, 0.2) is 91.0 Å². The van der Waals surface area contributed by atoms with Crippen molar-refractivity contribution in [3.63, 3.8) is 0 Å². The molecule has 1 aliphatic rings. The Morgan fingerprint density at radius 2 is 1.19 bits per heavy atom. The average molecular weight is 406 g/mol. The van der Waals surface area contributed by atoms with Crippen LogP contribution in [0.5, 0.6) is 0 Å². The molecule has 3 heteroatoms. The molecular weight excluding hydrogens is 379 g/mol. The van der Waals surface area contributed by atoms with Gasteiger partial charge in [-0.15, -0.1) is 0 Å². The minimum absolute atomic E-state index is 0.364. The van der Waals surface area contributed by atoms with E-state index in [0.717, 1.165) is 5.46 Å². The molecule has 0 N–H and O–H groups in total. The molecule has 0 radical (unpaired) electrons. The van der Waals surface area contributed by atoms with Gasteiger partial charge >= 0.3 is 7.12 Å². The molecule has 1 aliphatic heterocycles. The van der Waals surface area contributed by atoms with Crippen molar-refractivity contribution in [3.05, 3.63) is 91.0 Å². The van der Waals surface area contributed by atoms with E-state index in [-0.39, 0.29) is 18.3 Å². The number of hydrogen-bond acceptors (Lipinski definition) is 2. The monoisotopic (exact) mass is 406 g/mol. The maximum Gasteiger partial charge on any atom is 0.494 e. The number of benzene rings is 4. The first kappa shape index (κ1) is 20.1. The topological polar surface area (TPSA) is 18.5 Å². The van der Waals surface area contributed by atoms with Crippen molar-refractivity contribution in [2.24, 2.45) is 0 Å². The lowest BCUT2D eigenvalue weighted by Crippen LogP contribution is -2.41. The largest absolute Gasteiger partial charge is 0.494 e. The Hall–Kier alpha value is -2.88.